The maximum Gasteiger partial charge on any atom is 0.317 e. The monoisotopic (exact) mass is 323 g/mol. The van der Waals surface area contributed by atoms with Gasteiger partial charge in [0.2, 0.25) is 0 Å². The molecule has 0 spiro atoms. The normalized spacial score (nSPS) is 11.5. The smallest absolute Gasteiger partial charge is 0.317 e. The van der Waals surface area contributed by atoms with Crippen molar-refractivity contribution in [1.29, 1.82) is 0 Å². The van der Waals surface area contributed by atoms with Crippen molar-refractivity contribution in [2.24, 2.45) is 0 Å². The molecular formula is C19H21N3O2. The molecule has 5 nitrogen and oxygen atoms in total. The summed E-state index contributed by atoms with van der Waals surface area (Å²) >= 11 is 0. The van der Waals surface area contributed by atoms with Gasteiger partial charge >= 0.3 is 5.97 Å². The molecule has 0 aliphatic rings. The molecule has 0 aliphatic carbocycles. The molecular weight excluding hydrogens is 302 g/mol. The quantitative estimate of drug-likeness (QED) is 0.756. The highest BCUT2D eigenvalue weighted by Crippen LogP contribution is 2.19. The summed E-state index contributed by atoms with van der Waals surface area (Å²) < 4.78 is 2.05. The standard InChI is InChI=1S/C19H21N3O2/c1-14(2)21(12-19(23)24)11-15-7-9-16(10-8-15)22-13-20-17-5-3-4-6-18(17)22/h3-10,13-14H,11-12H2,1-2H3,(H,23,24). The molecule has 124 valence electrons. The molecule has 0 radical (unpaired) electrons. The number of hydrogen-bond donors (Lipinski definition) is 1. The lowest BCUT2D eigenvalue weighted by Crippen LogP contribution is -2.35. The number of aromatic nitrogens is 2. The van der Waals surface area contributed by atoms with E-state index in [1.54, 1.807) is 0 Å². The van der Waals surface area contributed by atoms with Gasteiger partial charge < -0.3 is 5.11 Å². The van der Waals surface area contributed by atoms with E-state index in [1.165, 1.54) is 0 Å². The molecule has 2 aromatic carbocycles. The second-order valence-corrected chi connectivity index (χ2v) is 6.16. The van der Waals surface area contributed by atoms with Gasteiger partial charge in [-0.15, -0.1) is 0 Å². The number of nitrogens with zero attached hydrogens (tertiary/aromatic N) is 3. The number of carbonyl (C=O) groups is 1. The molecule has 0 saturated carbocycles. The molecule has 24 heavy (non-hydrogen) atoms. The minimum absolute atomic E-state index is 0.0472. The third-order valence-electron chi connectivity index (χ3n) is 4.12. The van der Waals surface area contributed by atoms with Crippen molar-refractivity contribution in [3.63, 3.8) is 0 Å². The lowest BCUT2D eigenvalue weighted by atomic mass is 10.1. The number of hydrogen-bond acceptors (Lipinski definition) is 3. The van der Waals surface area contributed by atoms with E-state index in [-0.39, 0.29) is 12.6 Å². The van der Waals surface area contributed by atoms with Crippen molar-refractivity contribution in [3.05, 3.63) is 60.4 Å². The van der Waals surface area contributed by atoms with Gasteiger partial charge in [0, 0.05) is 18.3 Å². The summed E-state index contributed by atoms with van der Waals surface area (Å²) in [7, 11) is 0. The van der Waals surface area contributed by atoms with Crippen LogP contribution < -0.4 is 0 Å². The third-order valence-corrected chi connectivity index (χ3v) is 4.12. The van der Waals surface area contributed by atoms with Gasteiger partial charge in [0.05, 0.1) is 17.6 Å². The largest absolute Gasteiger partial charge is 0.480 e. The molecule has 0 amide bonds. The Kier molecular flexibility index (Phi) is 4.62. The molecule has 1 heterocycles. The fourth-order valence-electron chi connectivity index (χ4n) is 2.76. The van der Waals surface area contributed by atoms with Crippen molar-refractivity contribution in [2.45, 2.75) is 26.4 Å². The summed E-state index contributed by atoms with van der Waals surface area (Å²) in [4.78, 5) is 17.3. The van der Waals surface area contributed by atoms with Crippen LogP contribution in [0.25, 0.3) is 16.7 Å². The summed E-state index contributed by atoms with van der Waals surface area (Å²) in [6.07, 6.45) is 1.82. The number of aliphatic carboxylic acids is 1. The Morgan fingerprint density at radius 3 is 2.54 bits per heavy atom. The van der Waals surface area contributed by atoms with Gasteiger partial charge in [0.1, 0.15) is 6.33 Å². The van der Waals surface area contributed by atoms with Crippen LogP contribution in [0.5, 0.6) is 0 Å². The Bertz CT molecular complexity index is 837. The highest BCUT2D eigenvalue weighted by atomic mass is 16.4. The average Bonchev–Trinajstić information content (AvgIpc) is 2.98. The summed E-state index contributed by atoms with van der Waals surface area (Å²) in [5.41, 5.74) is 4.17. The highest BCUT2D eigenvalue weighted by molar-refractivity contribution is 5.77. The third kappa shape index (κ3) is 3.46. The van der Waals surface area contributed by atoms with Gasteiger partial charge in [-0.25, -0.2) is 4.98 Å². The molecule has 0 saturated heterocycles. The van der Waals surface area contributed by atoms with E-state index < -0.39 is 5.97 Å². The van der Waals surface area contributed by atoms with Crippen molar-refractivity contribution in [3.8, 4) is 5.69 Å². The SMILES string of the molecule is CC(C)N(CC(=O)O)Cc1ccc(-n2cnc3ccccc32)cc1. The molecule has 0 bridgehead atoms. The number of para-hydroxylation sites is 2. The predicted molar refractivity (Wildman–Crippen MR) is 94.3 cm³/mol. The van der Waals surface area contributed by atoms with Gasteiger partial charge in [0.15, 0.2) is 0 Å². The van der Waals surface area contributed by atoms with E-state index in [0.717, 1.165) is 22.3 Å². The fourth-order valence-corrected chi connectivity index (χ4v) is 2.76. The Labute approximate surface area is 141 Å². The van der Waals surface area contributed by atoms with Crippen LogP contribution in [0.3, 0.4) is 0 Å². The molecule has 0 atom stereocenters. The van der Waals surface area contributed by atoms with Crippen molar-refractivity contribution >= 4 is 17.0 Å². The number of fused-ring (bicyclic) bond motifs is 1. The number of carboxylic acids is 1. The first-order valence-electron chi connectivity index (χ1n) is 8.02. The van der Waals surface area contributed by atoms with Crippen LogP contribution in [0.2, 0.25) is 0 Å². The van der Waals surface area contributed by atoms with Gasteiger partial charge in [-0.05, 0) is 43.7 Å². The van der Waals surface area contributed by atoms with Crippen LogP contribution in [0.4, 0.5) is 0 Å². The molecule has 1 N–H and O–H groups in total. The van der Waals surface area contributed by atoms with Crippen LogP contribution in [0, 0.1) is 0 Å². The van der Waals surface area contributed by atoms with E-state index in [1.807, 2.05) is 73.6 Å². The van der Waals surface area contributed by atoms with E-state index in [9.17, 15) is 4.79 Å². The molecule has 0 unspecified atom stereocenters. The second-order valence-electron chi connectivity index (χ2n) is 6.16. The summed E-state index contributed by atoms with van der Waals surface area (Å²) in [5, 5.41) is 9.03. The van der Waals surface area contributed by atoms with Crippen LogP contribution in [-0.2, 0) is 11.3 Å². The first-order chi connectivity index (χ1) is 11.5. The second kappa shape index (κ2) is 6.84. The highest BCUT2D eigenvalue weighted by Gasteiger charge is 2.14. The first-order valence-corrected chi connectivity index (χ1v) is 8.02. The number of rotatable bonds is 6. The zero-order valence-electron chi connectivity index (χ0n) is 13.9. The molecule has 3 aromatic rings. The first kappa shape index (κ1) is 16.2. The zero-order chi connectivity index (χ0) is 17.1. The summed E-state index contributed by atoms with van der Waals surface area (Å²) in [6.45, 7) is 4.68. The summed E-state index contributed by atoms with van der Waals surface area (Å²) in [5.74, 6) is -0.801. The van der Waals surface area contributed by atoms with Crippen molar-refractivity contribution in [1.82, 2.24) is 14.5 Å². The van der Waals surface area contributed by atoms with Gasteiger partial charge in [-0.3, -0.25) is 14.3 Å². The van der Waals surface area contributed by atoms with E-state index in [0.29, 0.717) is 6.54 Å². The van der Waals surface area contributed by atoms with E-state index >= 15 is 0 Å². The molecule has 0 fully saturated rings. The Hall–Kier alpha value is -2.66. The lowest BCUT2D eigenvalue weighted by molar-refractivity contribution is -0.138. The topological polar surface area (TPSA) is 58.4 Å². The minimum Gasteiger partial charge on any atom is -0.480 e. The number of benzene rings is 2. The van der Waals surface area contributed by atoms with Crippen LogP contribution in [0.15, 0.2) is 54.9 Å². The predicted octanol–water partition coefficient (Wildman–Crippen LogP) is 3.32. The minimum atomic E-state index is -0.801. The van der Waals surface area contributed by atoms with Crippen molar-refractivity contribution < 1.29 is 9.90 Å². The van der Waals surface area contributed by atoms with E-state index in [4.69, 9.17) is 5.11 Å². The molecule has 5 heteroatoms. The number of imidazole rings is 1. The zero-order valence-corrected chi connectivity index (χ0v) is 13.9. The Balaban J connectivity index is 1.81. The van der Waals surface area contributed by atoms with E-state index in [2.05, 4.69) is 9.55 Å². The molecule has 0 aliphatic heterocycles. The lowest BCUT2D eigenvalue weighted by Gasteiger charge is -2.24. The number of carboxylic acid groups (broad SMARTS) is 1. The average molecular weight is 323 g/mol. The maximum absolute atomic E-state index is 11.0. The molecule has 1 aromatic heterocycles. The van der Waals surface area contributed by atoms with Crippen LogP contribution in [0.1, 0.15) is 19.4 Å². The Morgan fingerprint density at radius 1 is 1.17 bits per heavy atom. The Morgan fingerprint density at radius 2 is 1.88 bits per heavy atom. The van der Waals surface area contributed by atoms with Gasteiger partial charge in [0.25, 0.3) is 0 Å². The van der Waals surface area contributed by atoms with Gasteiger partial charge in [-0.1, -0.05) is 24.3 Å². The molecule has 3 rings (SSSR count). The van der Waals surface area contributed by atoms with Crippen molar-refractivity contribution in [2.75, 3.05) is 6.54 Å². The van der Waals surface area contributed by atoms with Crippen LogP contribution in [-0.4, -0.2) is 38.1 Å². The maximum atomic E-state index is 11.0. The van der Waals surface area contributed by atoms with Gasteiger partial charge in [-0.2, -0.15) is 0 Å². The summed E-state index contributed by atoms with van der Waals surface area (Å²) in [6, 6.07) is 16.4. The van der Waals surface area contributed by atoms with Crippen LogP contribution >= 0.6 is 0 Å². The fraction of sp³-hybridized carbons (Fsp3) is 0.263.